The monoisotopic (exact) mass is 188 g/mol. The van der Waals surface area contributed by atoms with E-state index in [9.17, 15) is 4.79 Å². The van der Waals surface area contributed by atoms with Crippen LogP contribution in [0.3, 0.4) is 0 Å². The lowest BCUT2D eigenvalue weighted by molar-refractivity contribution is -0.105. The van der Waals surface area contributed by atoms with E-state index in [1.165, 1.54) is 5.56 Å². The van der Waals surface area contributed by atoms with Crippen molar-refractivity contribution in [2.45, 2.75) is 13.8 Å². The summed E-state index contributed by atoms with van der Waals surface area (Å²) >= 11 is 0. The molecule has 3 nitrogen and oxygen atoms in total. The Hall–Kier alpha value is -1.77. The predicted molar refractivity (Wildman–Crippen MR) is 57.5 cm³/mol. The van der Waals surface area contributed by atoms with Gasteiger partial charge < -0.3 is 10.3 Å². The second-order valence-corrected chi connectivity index (χ2v) is 3.37. The van der Waals surface area contributed by atoms with E-state index in [1.54, 1.807) is 0 Å². The average Bonchev–Trinajstić information content (AvgIpc) is 2.46. The number of carbonyl (C=O) groups excluding carboxylic acids is 1. The summed E-state index contributed by atoms with van der Waals surface area (Å²) in [7, 11) is 0. The molecule has 0 spiro atoms. The zero-order valence-electron chi connectivity index (χ0n) is 8.22. The second-order valence-electron chi connectivity index (χ2n) is 3.37. The summed E-state index contributed by atoms with van der Waals surface area (Å²) in [6.45, 7) is 4.10. The minimum atomic E-state index is 0.695. The van der Waals surface area contributed by atoms with E-state index in [0.717, 1.165) is 22.3 Å². The highest BCUT2D eigenvalue weighted by Crippen LogP contribution is 2.26. The number of aryl methyl sites for hydroxylation is 2. The van der Waals surface area contributed by atoms with Crippen LogP contribution in [0.25, 0.3) is 10.9 Å². The fraction of sp³-hybridized carbons (Fsp3) is 0.182. The first-order valence-electron chi connectivity index (χ1n) is 4.52. The number of hydrogen-bond donors (Lipinski definition) is 2. The molecule has 0 saturated carbocycles. The van der Waals surface area contributed by atoms with Gasteiger partial charge in [-0.25, -0.2) is 0 Å². The summed E-state index contributed by atoms with van der Waals surface area (Å²) in [4.78, 5) is 13.6. The number of nitrogens with one attached hydrogen (secondary N) is 2. The highest BCUT2D eigenvalue weighted by Gasteiger charge is 2.06. The first-order valence-corrected chi connectivity index (χ1v) is 4.52. The van der Waals surface area contributed by atoms with E-state index in [-0.39, 0.29) is 0 Å². The van der Waals surface area contributed by atoms with Crippen LogP contribution >= 0.6 is 0 Å². The number of anilines is 1. The van der Waals surface area contributed by atoms with Crippen molar-refractivity contribution in [1.82, 2.24) is 4.98 Å². The van der Waals surface area contributed by atoms with E-state index in [1.807, 2.05) is 25.1 Å². The number of aromatic nitrogens is 1. The lowest BCUT2D eigenvalue weighted by atomic mass is 10.1. The SMILES string of the molecule is Cc1[nH]c2c(NC=O)cccc2c1C. The van der Waals surface area contributed by atoms with E-state index >= 15 is 0 Å². The van der Waals surface area contributed by atoms with Crippen molar-refractivity contribution in [3.63, 3.8) is 0 Å². The van der Waals surface area contributed by atoms with E-state index in [4.69, 9.17) is 0 Å². The van der Waals surface area contributed by atoms with Crippen LogP contribution in [-0.4, -0.2) is 11.4 Å². The quantitative estimate of drug-likeness (QED) is 0.698. The summed E-state index contributed by atoms with van der Waals surface area (Å²) in [5.74, 6) is 0. The molecule has 2 rings (SSSR count). The number of amides is 1. The van der Waals surface area contributed by atoms with Crippen LogP contribution in [-0.2, 0) is 4.79 Å². The van der Waals surface area contributed by atoms with Crippen molar-refractivity contribution < 1.29 is 4.79 Å². The van der Waals surface area contributed by atoms with Gasteiger partial charge in [0.15, 0.2) is 0 Å². The highest BCUT2D eigenvalue weighted by molar-refractivity contribution is 5.97. The van der Waals surface area contributed by atoms with E-state index < -0.39 is 0 Å². The summed E-state index contributed by atoms with van der Waals surface area (Å²) in [6, 6.07) is 5.87. The Kier molecular flexibility index (Phi) is 2.00. The van der Waals surface area contributed by atoms with Crippen molar-refractivity contribution in [2.75, 3.05) is 5.32 Å². The zero-order valence-corrected chi connectivity index (χ0v) is 8.22. The molecule has 14 heavy (non-hydrogen) atoms. The Bertz CT molecular complexity index is 485. The molecule has 2 aromatic rings. The summed E-state index contributed by atoms with van der Waals surface area (Å²) in [5.41, 5.74) is 4.19. The summed E-state index contributed by atoms with van der Waals surface area (Å²) in [5, 5.41) is 3.84. The van der Waals surface area contributed by atoms with Gasteiger partial charge in [0.25, 0.3) is 0 Å². The lowest BCUT2D eigenvalue weighted by Crippen LogP contribution is -1.93. The van der Waals surface area contributed by atoms with E-state index in [0.29, 0.717) is 6.41 Å². The molecule has 2 N–H and O–H groups in total. The maximum Gasteiger partial charge on any atom is 0.211 e. The number of rotatable bonds is 2. The number of H-pyrrole nitrogens is 1. The Morgan fingerprint density at radius 2 is 2.14 bits per heavy atom. The van der Waals surface area contributed by atoms with Gasteiger partial charge in [-0.2, -0.15) is 0 Å². The second kappa shape index (κ2) is 3.18. The van der Waals surface area contributed by atoms with Crippen LogP contribution in [0.1, 0.15) is 11.3 Å². The highest BCUT2D eigenvalue weighted by atomic mass is 16.1. The lowest BCUT2D eigenvalue weighted by Gasteiger charge is -1.99. The molecule has 0 saturated heterocycles. The first kappa shape index (κ1) is 8.81. The Balaban J connectivity index is 2.74. The largest absolute Gasteiger partial charge is 0.357 e. The molecule has 0 atom stereocenters. The Labute approximate surface area is 82.1 Å². The molecule has 0 unspecified atom stereocenters. The van der Waals surface area contributed by atoms with Crippen LogP contribution in [0.15, 0.2) is 18.2 Å². The molecule has 1 aromatic heterocycles. The number of fused-ring (bicyclic) bond motifs is 1. The maximum absolute atomic E-state index is 10.4. The third-order valence-electron chi connectivity index (χ3n) is 2.56. The minimum Gasteiger partial charge on any atom is -0.357 e. The molecule has 3 heteroatoms. The third kappa shape index (κ3) is 1.18. The Morgan fingerprint density at radius 3 is 2.86 bits per heavy atom. The van der Waals surface area contributed by atoms with E-state index in [2.05, 4.69) is 17.2 Å². The molecule has 1 aromatic carbocycles. The summed E-state index contributed by atoms with van der Waals surface area (Å²) < 4.78 is 0. The first-order chi connectivity index (χ1) is 6.74. The predicted octanol–water partition coefficient (Wildman–Crippen LogP) is 2.35. The van der Waals surface area contributed by atoms with Crippen LogP contribution in [0.4, 0.5) is 5.69 Å². The van der Waals surface area contributed by atoms with Crippen molar-refractivity contribution in [1.29, 1.82) is 0 Å². The van der Waals surface area contributed by atoms with Gasteiger partial charge in [-0.1, -0.05) is 12.1 Å². The van der Waals surface area contributed by atoms with Crippen LogP contribution in [0.2, 0.25) is 0 Å². The normalized spacial score (nSPS) is 10.4. The van der Waals surface area contributed by atoms with Gasteiger partial charge >= 0.3 is 0 Å². The molecular weight excluding hydrogens is 176 g/mol. The van der Waals surface area contributed by atoms with Crippen molar-refractivity contribution in [3.8, 4) is 0 Å². The topological polar surface area (TPSA) is 44.9 Å². The van der Waals surface area contributed by atoms with Crippen molar-refractivity contribution in [3.05, 3.63) is 29.5 Å². The van der Waals surface area contributed by atoms with Crippen LogP contribution in [0, 0.1) is 13.8 Å². The van der Waals surface area contributed by atoms with Gasteiger partial charge in [-0.05, 0) is 25.5 Å². The molecule has 0 radical (unpaired) electrons. The van der Waals surface area contributed by atoms with Gasteiger partial charge in [0.05, 0.1) is 11.2 Å². The number of aromatic amines is 1. The Morgan fingerprint density at radius 1 is 1.36 bits per heavy atom. The van der Waals surface area contributed by atoms with Crippen molar-refractivity contribution in [2.24, 2.45) is 0 Å². The molecule has 1 amide bonds. The molecule has 0 fully saturated rings. The van der Waals surface area contributed by atoms with Gasteiger partial charge in [-0.15, -0.1) is 0 Å². The third-order valence-corrected chi connectivity index (χ3v) is 2.56. The summed E-state index contributed by atoms with van der Waals surface area (Å²) in [6.07, 6.45) is 0.695. The standard InChI is InChI=1S/C11H12N2O/c1-7-8(2)13-11-9(7)4-3-5-10(11)12-6-14/h3-6,13H,1-2H3,(H,12,14). The van der Waals surface area contributed by atoms with Crippen molar-refractivity contribution >= 4 is 23.0 Å². The molecule has 1 heterocycles. The number of hydrogen-bond acceptors (Lipinski definition) is 1. The molecular formula is C11H12N2O. The molecule has 0 aliphatic heterocycles. The van der Waals surface area contributed by atoms with Gasteiger partial charge in [0.1, 0.15) is 0 Å². The molecule has 72 valence electrons. The molecule has 0 aliphatic carbocycles. The molecule has 0 aliphatic rings. The van der Waals surface area contributed by atoms with Crippen LogP contribution in [0.5, 0.6) is 0 Å². The number of benzene rings is 1. The fourth-order valence-corrected chi connectivity index (χ4v) is 1.67. The number of para-hydroxylation sites is 1. The minimum absolute atomic E-state index is 0.695. The van der Waals surface area contributed by atoms with Gasteiger partial charge in [0, 0.05) is 11.1 Å². The average molecular weight is 188 g/mol. The molecule has 0 bridgehead atoms. The maximum atomic E-state index is 10.4. The zero-order chi connectivity index (χ0) is 10.1. The number of carbonyl (C=O) groups is 1. The van der Waals surface area contributed by atoms with Gasteiger partial charge in [-0.3, -0.25) is 4.79 Å². The smallest absolute Gasteiger partial charge is 0.211 e. The fourth-order valence-electron chi connectivity index (χ4n) is 1.67. The van der Waals surface area contributed by atoms with Gasteiger partial charge in [0.2, 0.25) is 6.41 Å². The van der Waals surface area contributed by atoms with Crippen LogP contribution < -0.4 is 5.32 Å².